The molecule has 0 N–H and O–H groups in total. The van der Waals surface area contributed by atoms with Gasteiger partial charge in [0.15, 0.2) is 0 Å². The van der Waals surface area contributed by atoms with Crippen molar-refractivity contribution in [3.05, 3.63) is 57.6 Å². The average Bonchev–Trinajstić information content (AvgIpc) is 2.49. The van der Waals surface area contributed by atoms with Crippen molar-refractivity contribution in [3.63, 3.8) is 0 Å². The maximum absolute atomic E-state index is 11.1. The first-order chi connectivity index (χ1) is 10.0. The fourth-order valence-electron chi connectivity index (χ4n) is 1.77. The Kier molecular flexibility index (Phi) is 4.18. The van der Waals surface area contributed by atoms with Gasteiger partial charge in [0.25, 0.3) is 0 Å². The number of carbonyl (C=O) groups is 1. The molecule has 2 aromatic carbocycles. The average molecular weight is 287 g/mol. The molecule has 0 fully saturated rings. The fraction of sp³-hybridized carbons (Fsp3) is 0.133. The number of hydrogen-bond donors (Lipinski definition) is 0. The first-order valence-electron chi connectivity index (χ1n) is 6.11. The molecule has 0 unspecified atom stereocenters. The number of benzene rings is 2. The van der Waals surface area contributed by atoms with E-state index < -0.39 is 4.92 Å². The molecule has 6 nitrogen and oxygen atoms in total. The van der Waals surface area contributed by atoms with Crippen molar-refractivity contribution in [2.75, 3.05) is 7.11 Å². The number of nitro groups is 1. The lowest BCUT2D eigenvalue weighted by Gasteiger charge is -2.10. The molecule has 0 saturated carbocycles. The van der Waals surface area contributed by atoms with Crippen molar-refractivity contribution in [1.29, 1.82) is 0 Å². The van der Waals surface area contributed by atoms with Crippen LogP contribution in [0.15, 0.2) is 36.4 Å². The summed E-state index contributed by atoms with van der Waals surface area (Å²) in [5.74, 6) is 0.854. The van der Waals surface area contributed by atoms with E-state index in [1.54, 1.807) is 25.1 Å². The summed E-state index contributed by atoms with van der Waals surface area (Å²) in [4.78, 5) is 21.4. The third-order valence-electron chi connectivity index (χ3n) is 2.93. The summed E-state index contributed by atoms with van der Waals surface area (Å²) in [6.45, 7) is 1.79. The van der Waals surface area contributed by atoms with Gasteiger partial charge in [0.2, 0.25) is 5.75 Å². The summed E-state index contributed by atoms with van der Waals surface area (Å²) in [5.41, 5.74) is 1.00. The second kappa shape index (κ2) is 6.04. The highest BCUT2D eigenvalue weighted by molar-refractivity contribution is 5.76. The summed E-state index contributed by atoms with van der Waals surface area (Å²) in [5, 5.41) is 11.1. The summed E-state index contributed by atoms with van der Waals surface area (Å²) in [7, 11) is 1.43. The van der Waals surface area contributed by atoms with Crippen molar-refractivity contribution in [2.24, 2.45) is 0 Å². The van der Waals surface area contributed by atoms with E-state index in [4.69, 9.17) is 9.47 Å². The van der Waals surface area contributed by atoms with Gasteiger partial charge >= 0.3 is 5.69 Å². The molecule has 108 valence electrons. The van der Waals surface area contributed by atoms with E-state index in [0.29, 0.717) is 23.3 Å². The van der Waals surface area contributed by atoms with E-state index in [1.165, 1.54) is 25.3 Å². The molecule has 0 heterocycles. The molecule has 21 heavy (non-hydrogen) atoms. The van der Waals surface area contributed by atoms with Gasteiger partial charge in [0.05, 0.1) is 18.1 Å². The van der Waals surface area contributed by atoms with Crippen LogP contribution in [-0.4, -0.2) is 18.3 Å². The molecular weight excluding hydrogens is 274 g/mol. The number of methoxy groups -OCH3 is 1. The molecule has 0 aliphatic rings. The molecule has 0 aromatic heterocycles. The Hall–Kier alpha value is -2.89. The van der Waals surface area contributed by atoms with Gasteiger partial charge in [-0.05, 0) is 30.7 Å². The van der Waals surface area contributed by atoms with Crippen molar-refractivity contribution < 1.29 is 19.2 Å². The lowest BCUT2D eigenvalue weighted by Crippen LogP contribution is -1.96. The van der Waals surface area contributed by atoms with Crippen LogP contribution in [0.25, 0.3) is 0 Å². The van der Waals surface area contributed by atoms with Gasteiger partial charge < -0.3 is 9.47 Å². The maximum Gasteiger partial charge on any atom is 0.315 e. The van der Waals surface area contributed by atoms with Crippen LogP contribution in [0.3, 0.4) is 0 Å². The third kappa shape index (κ3) is 3.17. The number of rotatable bonds is 5. The molecule has 0 radical (unpaired) electrons. The predicted octanol–water partition coefficient (Wildman–Crippen LogP) is 3.52. The Morgan fingerprint density at radius 2 is 1.90 bits per heavy atom. The van der Waals surface area contributed by atoms with Gasteiger partial charge in [-0.25, -0.2) is 0 Å². The summed E-state index contributed by atoms with van der Waals surface area (Å²) in [6, 6.07) is 9.22. The second-order valence-corrected chi connectivity index (χ2v) is 4.34. The van der Waals surface area contributed by atoms with E-state index in [-0.39, 0.29) is 11.4 Å². The smallest absolute Gasteiger partial charge is 0.315 e. The number of hydrogen-bond acceptors (Lipinski definition) is 5. The van der Waals surface area contributed by atoms with Crippen LogP contribution in [0.5, 0.6) is 17.2 Å². The molecule has 0 aliphatic carbocycles. The quantitative estimate of drug-likeness (QED) is 0.477. The Bertz CT molecular complexity index is 696. The zero-order valence-electron chi connectivity index (χ0n) is 11.5. The van der Waals surface area contributed by atoms with E-state index >= 15 is 0 Å². The van der Waals surface area contributed by atoms with Crippen molar-refractivity contribution >= 4 is 12.0 Å². The Labute approximate surface area is 121 Å². The van der Waals surface area contributed by atoms with Crippen LogP contribution in [0.2, 0.25) is 0 Å². The highest BCUT2D eigenvalue weighted by atomic mass is 16.6. The number of nitro benzene ring substituents is 1. The van der Waals surface area contributed by atoms with E-state index in [9.17, 15) is 14.9 Å². The van der Waals surface area contributed by atoms with Crippen LogP contribution >= 0.6 is 0 Å². The highest BCUT2D eigenvalue weighted by Crippen LogP contribution is 2.35. The Balaban J connectivity index is 2.43. The minimum Gasteiger partial charge on any atom is -0.496 e. The van der Waals surface area contributed by atoms with Crippen molar-refractivity contribution in [1.82, 2.24) is 0 Å². The molecule has 0 amide bonds. The molecule has 0 aliphatic heterocycles. The largest absolute Gasteiger partial charge is 0.496 e. The molecule has 0 bridgehead atoms. The maximum atomic E-state index is 11.1. The van der Waals surface area contributed by atoms with Crippen LogP contribution in [0.4, 0.5) is 5.69 Å². The lowest BCUT2D eigenvalue weighted by molar-refractivity contribution is -0.385. The van der Waals surface area contributed by atoms with Crippen LogP contribution in [0, 0.1) is 17.0 Å². The summed E-state index contributed by atoms with van der Waals surface area (Å²) < 4.78 is 10.6. The molecule has 6 heteroatoms. The second-order valence-electron chi connectivity index (χ2n) is 4.34. The Morgan fingerprint density at radius 1 is 1.14 bits per heavy atom. The monoisotopic (exact) mass is 287 g/mol. The van der Waals surface area contributed by atoms with Gasteiger partial charge in [-0.15, -0.1) is 0 Å². The molecule has 2 aromatic rings. The Morgan fingerprint density at radius 3 is 2.52 bits per heavy atom. The SMILES string of the molecule is COc1ccc(Oc2cc(C=O)ccc2C)c([N+](=O)[O-])c1. The first-order valence-corrected chi connectivity index (χ1v) is 6.11. The third-order valence-corrected chi connectivity index (χ3v) is 2.93. The minimum absolute atomic E-state index is 0.0898. The highest BCUT2D eigenvalue weighted by Gasteiger charge is 2.18. The molecule has 0 saturated heterocycles. The van der Waals surface area contributed by atoms with Crippen molar-refractivity contribution in [3.8, 4) is 17.2 Å². The van der Waals surface area contributed by atoms with Crippen molar-refractivity contribution in [2.45, 2.75) is 6.92 Å². The zero-order valence-corrected chi connectivity index (χ0v) is 11.5. The predicted molar refractivity (Wildman–Crippen MR) is 76.3 cm³/mol. The number of aldehydes is 1. The van der Waals surface area contributed by atoms with Gasteiger partial charge in [-0.3, -0.25) is 14.9 Å². The number of carbonyl (C=O) groups excluding carboxylic acids is 1. The van der Waals surface area contributed by atoms with Gasteiger partial charge in [0, 0.05) is 5.56 Å². The van der Waals surface area contributed by atoms with E-state index in [0.717, 1.165) is 5.56 Å². The fourth-order valence-corrected chi connectivity index (χ4v) is 1.77. The number of aryl methyl sites for hydroxylation is 1. The molecule has 2 rings (SSSR count). The van der Waals surface area contributed by atoms with Crippen LogP contribution < -0.4 is 9.47 Å². The topological polar surface area (TPSA) is 78.7 Å². The van der Waals surface area contributed by atoms with Gasteiger partial charge in [-0.1, -0.05) is 12.1 Å². The lowest BCUT2D eigenvalue weighted by atomic mass is 10.1. The summed E-state index contributed by atoms with van der Waals surface area (Å²) >= 11 is 0. The zero-order chi connectivity index (χ0) is 15.4. The van der Waals surface area contributed by atoms with E-state index in [1.807, 2.05) is 0 Å². The van der Waals surface area contributed by atoms with Gasteiger partial charge in [0.1, 0.15) is 17.8 Å². The minimum atomic E-state index is -0.545. The summed E-state index contributed by atoms with van der Waals surface area (Å²) in [6.07, 6.45) is 0.689. The molecular formula is C15H13NO5. The number of nitrogens with zero attached hydrogens (tertiary/aromatic N) is 1. The number of ether oxygens (including phenoxy) is 2. The van der Waals surface area contributed by atoms with Gasteiger partial charge in [-0.2, -0.15) is 0 Å². The first kappa shape index (κ1) is 14.5. The van der Waals surface area contributed by atoms with Crippen LogP contribution in [0.1, 0.15) is 15.9 Å². The standard InChI is InChI=1S/C15H13NO5/c1-10-3-4-11(9-17)7-15(10)21-14-6-5-12(20-2)8-13(14)16(18)19/h3-9H,1-2H3. The normalized spacial score (nSPS) is 10.0. The molecule has 0 spiro atoms. The van der Waals surface area contributed by atoms with Crippen LogP contribution in [-0.2, 0) is 0 Å². The molecule has 0 atom stereocenters. The van der Waals surface area contributed by atoms with E-state index in [2.05, 4.69) is 0 Å².